The minimum absolute atomic E-state index is 0.0957. The maximum absolute atomic E-state index is 13.5. The molecule has 3 aromatic rings. The predicted molar refractivity (Wildman–Crippen MR) is 148 cm³/mol. The summed E-state index contributed by atoms with van der Waals surface area (Å²) in [7, 11) is -2.61. The van der Waals surface area contributed by atoms with Gasteiger partial charge in [-0.2, -0.15) is 4.31 Å². The number of carbonyl (C=O) groups excluding carboxylic acids is 2. The van der Waals surface area contributed by atoms with E-state index in [1.165, 1.54) is 0 Å². The van der Waals surface area contributed by atoms with Crippen LogP contribution < -0.4 is 10.2 Å². The molecule has 2 amide bonds. The molecule has 3 heterocycles. The maximum Gasteiger partial charge on any atom is 0.300 e. The number of halogens is 1. The molecule has 11 nitrogen and oxygen atoms in total. The van der Waals surface area contributed by atoms with Crippen LogP contribution in [0.15, 0.2) is 40.6 Å². The summed E-state index contributed by atoms with van der Waals surface area (Å²) < 4.78 is 32.6. The SMILES string of the molecule is COCCCN1C(=O)c2cccc3c(NC(=O)C4CCCCN4S(=O)(=O)c4cc([N+](=O)[O-])c(Cl)s4)ccc1c23. The third-order valence-electron chi connectivity index (χ3n) is 6.94. The minimum Gasteiger partial charge on any atom is -0.385 e. The van der Waals surface area contributed by atoms with Crippen molar-refractivity contribution in [2.45, 2.75) is 35.9 Å². The Hall–Kier alpha value is -3.10. The molecule has 0 aliphatic carbocycles. The number of hydrogen-bond donors (Lipinski definition) is 1. The van der Waals surface area contributed by atoms with Gasteiger partial charge in [-0.15, -0.1) is 11.3 Å². The van der Waals surface area contributed by atoms with Crippen LogP contribution in [0.1, 0.15) is 36.0 Å². The summed E-state index contributed by atoms with van der Waals surface area (Å²) in [6.07, 6.45) is 2.15. The second kappa shape index (κ2) is 10.8. The Morgan fingerprint density at radius 3 is 2.79 bits per heavy atom. The number of piperidine rings is 1. The van der Waals surface area contributed by atoms with E-state index in [0.717, 1.165) is 21.4 Å². The van der Waals surface area contributed by atoms with E-state index in [9.17, 15) is 28.1 Å². The van der Waals surface area contributed by atoms with Crippen molar-refractivity contribution in [3.05, 3.63) is 56.4 Å². The summed E-state index contributed by atoms with van der Waals surface area (Å²) in [5, 5.41) is 15.5. The van der Waals surface area contributed by atoms with Gasteiger partial charge in [0, 0.05) is 54.9 Å². The van der Waals surface area contributed by atoms with Crippen LogP contribution in [0.5, 0.6) is 0 Å². The van der Waals surface area contributed by atoms with E-state index in [4.69, 9.17) is 16.3 Å². The lowest BCUT2D eigenvalue weighted by molar-refractivity contribution is -0.384. The van der Waals surface area contributed by atoms with Gasteiger partial charge in [0.25, 0.3) is 21.6 Å². The van der Waals surface area contributed by atoms with Crippen LogP contribution in [0, 0.1) is 10.1 Å². The molecule has 206 valence electrons. The number of nitro groups is 1. The first-order chi connectivity index (χ1) is 18.6. The Morgan fingerprint density at radius 2 is 2.08 bits per heavy atom. The number of sulfonamides is 1. The number of ether oxygens (including phenoxy) is 1. The standard InChI is InChI=1S/C25H25ClN4O7S2/c1-37-13-5-11-28-18-10-9-17(15-6-4-7-16(22(15)18)25(28)32)27-24(31)19-8-2-3-12-29(19)39(35,36)21-14-20(30(33)34)23(26)38-21/h4,6-7,9-10,14,19H,2-3,5,8,11-13H2,1H3,(H,27,31). The van der Waals surface area contributed by atoms with Gasteiger partial charge >= 0.3 is 0 Å². The minimum atomic E-state index is -4.21. The Balaban J connectivity index is 1.44. The van der Waals surface area contributed by atoms with Crippen molar-refractivity contribution in [2.75, 3.05) is 37.0 Å². The van der Waals surface area contributed by atoms with E-state index < -0.39 is 32.6 Å². The quantitative estimate of drug-likeness (QED) is 0.217. The summed E-state index contributed by atoms with van der Waals surface area (Å²) in [5.41, 5.74) is 1.26. The fraction of sp³-hybridized carbons (Fsp3) is 0.360. The van der Waals surface area contributed by atoms with E-state index in [2.05, 4.69) is 5.32 Å². The van der Waals surface area contributed by atoms with Crippen molar-refractivity contribution < 1.29 is 27.7 Å². The van der Waals surface area contributed by atoms with Crippen LogP contribution in [0.2, 0.25) is 4.34 Å². The fourth-order valence-corrected chi connectivity index (χ4v) is 8.57. The molecule has 5 rings (SSSR count). The number of rotatable bonds is 9. The van der Waals surface area contributed by atoms with Crippen LogP contribution in [0.25, 0.3) is 10.8 Å². The van der Waals surface area contributed by atoms with E-state index >= 15 is 0 Å². The third-order valence-corrected chi connectivity index (χ3v) is 10.6. The van der Waals surface area contributed by atoms with Gasteiger partial charge in [0.05, 0.1) is 10.6 Å². The summed E-state index contributed by atoms with van der Waals surface area (Å²) in [6.45, 7) is 1.10. The second-order valence-electron chi connectivity index (χ2n) is 9.26. The smallest absolute Gasteiger partial charge is 0.300 e. The largest absolute Gasteiger partial charge is 0.385 e. The molecule has 0 radical (unpaired) electrons. The zero-order chi connectivity index (χ0) is 27.9. The zero-order valence-corrected chi connectivity index (χ0v) is 23.3. The lowest BCUT2D eigenvalue weighted by Gasteiger charge is -2.33. The fourth-order valence-electron chi connectivity index (χ4n) is 5.12. The Morgan fingerprint density at radius 1 is 1.28 bits per heavy atom. The highest BCUT2D eigenvalue weighted by Gasteiger charge is 2.40. The number of nitrogens with zero attached hydrogens (tertiary/aromatic N) is 3. The van der Waals surface area contributed by atoms with Gasteiger partial charge in [-0.3, -0.25) is 19.7 Å². The number of amides is 2. The van der Waals surface area contributed by atoms with Crippen molar-refractivity contribution in [2.24, 2.45) is 0 Å². The number of anilines is 2. The number of methoxy groups -OCH3 is 1. The first kappa shape index (κ1) is 27.5. The lowest BCUT2D eigenvalue weighted by atomic mass is 10.0. The molecule has 0 spiro atoms. The topological polar surface area (TPSA) is 139 Å². The van der Waals surface area contributed by atoms with Gasteiger partial charge in [0.1, 0.15) is 10.3 Å². The molecule has 1 N–H and O–H groups in total. The highest BCUT2D eigenvalue weighted by Crippen LogP contribution is 2.42. The molecule has 14 heteroatoms. The summed E-state index contributed by atoms with van der Waals surface area (Å²) in [6, 6.07) is 8.72. The first-order valence-electron chi connectivity index (χ1n) is 12.3. The molecule has 1 atom stereocenters. The monoisotopic (exact) mass is 592 g/mol. The van der Waals surface area contributed by atoms with Crippen LogP contribution in [0.4, 0.5) is 17.1 Å². The van der Waals surface area contributed by atoms with E-state index in [1.807, 2.05) is 6.07 Å². The molecule has 2 aromatic carbocycles. The van der Waals surface area contributed by atoms with Crippen molar-refractivity contribution in [3.8, 4) is 0 Å². The molecule has 1 fully saturated rings. The van der Waals surface area contributed by atoms with E-state index in [0.29, 0.717) is 66.8 Å². The Bertz CT molecular complexity index is 1590. The summed E-state index contributed by atoms with van der Waals surface area (Å²) in [5.74, 6) is -0.638. The van der Waals surface area contributed by atoms with Gasteiger partial charge < -0.3 is 15.0 Å². The normalized spacial score (nSPS) is 17.6. The van der Waals surface area contributed by atoms with Crippen LogP contribution in [-0.2, 0) is 19.6 Å². The van der Waals surface area contributed by atoms with Gasteiger partial charge in [-0.05, 0) is 37.5 Å². The molecule has 0 bridgehead atoms. The average Bonchev–Trinajstić information content (AvgIpc) is 3.45. The third kappa shape index (κ3) is 4.89. The van der Waals surface area contributed by atoms with Crippen molar-refractivity contribution in [3.63, 3.8) is 0 Å². The number of carbonyl (C=O) groups is 2. The maximum atomic E-state index is 13.5. The highest BCUT2D eigenvalue weighted by atomic mass is 35.5. The van der Waals surface area contributed by atoms with Crippen molar-refractivity contribution >= 4 is 72.6 Å². The van der Waals surface area contributed by atoms with Crippen LogP contribution in [0.3, 0.4) is 0 Å². The van der Waals surface area contributed by atoms with E-state index in [1.54, 1.807) is 36.3 Å². The Labute approximate surface area is 233 Å². The number of hydrogen-bond acceptors (Lipinski definition) is 8. The number of thiophene rings is 1. The van der Waals surface area contributed by atoms with E-state index in [-0.39, 0.29) is 21.0 Å². The van der Waals surface area contributed by atoms with Crippen LogP contribution >= 0.6 is 22.9 Å². The molecule has 2 aliphatic heterocycles. The average molecular weight is 593 g/mol. The van der Waals surface area contributed by atoms with Gasteiger partial charge in [-0.1, -0.05) is 30.2 Å². The Kier molecular flexibility index (Phi) is 7.62. The predicted octanol–water partition coefficient (Wildman–Crippen LogP) is 4.64. The lowest BCUT2D eigenvalue weighted by Crippen LogP contribution is -2.49. The van der Waals surface area contributed by atoms with Gasteiger partial charge in [-0.25, -0.2) is 8.42 Å². The molecule has 39 heavy (non-hydrogen) atoms. The molecule has 1 aromatic heterocycles. The van der Waals surface area contributed by atoms with Gasteiger partial charge in [0.15, 0.2) is 4.34 Å². The molecular formula is C25H25ClN4O7S2. The molecular weight excluding hydrogens is 568 g/mol. The van der Waals surface area contributed by atoms with Crippen LogP contribution in [-0.4, -0.2) is 62.3 Å². The highest BCUT2D eigenvalue weighted by molar-refractivity contribution is 7.91. The zero-order valence-electron chi connectivity index (χ0n) is 20.9. The van der Waals surface area contributed by atoms with Crippen molar-refractivity contribution in [1.82, 2.24) is 4.31 Å². The summed E-state index contributed by atoms with van der Waals surface area (Å²) >= 11 is 6.51. The molecule has 2 aliphatic rings. The molecule has 0 saturated carbocycles. The number of nitrogens with one attached hydrogen (secondary N) is 1. The molecule has 1 saturated heterocycles. The first-order valence-corrected chi connectivity index (χ1v) is 14.9. The molecule has 1 unspecified atom stereocenters. The number of benzene rings is 2. The van der Waals surface area contributed by atoms with Crippen molar-refractivity contribution in [1.29, 1.82) is 0 Å². The second-order valence-corrected chi connectivity index (χ2v) is 13.0. The van der Waals surface area contributed by atoms with Gasteiger partial charge in [0.2, 0.25) is 5.91 Å². The summed E-state index contributed by atoms with van der Waals surface area (Å²) in [4.78, 5) is 38.8.